The van der Waals surface area contributed by atoms with Crippen LogP contribution in [0.15, 0.2) is 54.6 Å². The average molecular weight is 404 g/mol. The fourth-order valence-corrected chi connectivity index (χ4v) is 4.01. The molecule has 3 aromatic rings. The number of carbonyl (C=O) groups excluding carboxylic acids is 1. The van der Waals surface area contributed by atoms with Crippen molar-refractivity contribution in [2.24, 2.45) is 0 Å². The van der Waals surface area contributed by atoms with Gasteiger partial charge in [0.05, 0.1) is 29.3 Å². The highest BCUT2D eigenvalue weighted by molar-refractivity contribution is 5.93. The number of anilines is 2. The van der Waals surface area contributed by atoms with Crippen LogP contribution in [0.2, 0.25) is 0 Å². The van der Waals surface area contributed by atoms with Gasteiger partial charge in [0.1, 0.15) is 0 Å². The van der Waals surface area contributed by atoms with E-state index in [2.05, 4.69) is 51.8 Å². The molecule has 1 saturated heterocycles. The first-order valence-electron chi connectivity index (χ1n) is 10.5. The summed E-state index contributed by atoms with van der Waals surface area (Å²) in [6.07, 6.45) is 1.03. The van der Waals surface area contributed by atoms with E-state index >= 15 is 0 Å². The number of benzene rings is 2. The van der Waals surface area contributed by atoms with E-state index in [1.807, 2.05) is 48.9 Å². The van der Waals surface area contributed by atoms with E-state index in [0.29, 0.717) is 12.6 Å². The molecule has 1 fully saturated rings. The molecular weight excluding hydrogens is 374 g/mol. The highest BCUT2D eigenvalue weighted by atomic mass is 16.2. The second-order valence-electron chi connectivity index (χ2n) is 8.07. The molecule has 0 aliphatic carbocycles. The van der Waals surface area contributed by atoms with Crippen LogP contribution in [-0.4, -0.2) is 46.3 Å². The van der Waals surface area contributed by atoms with Crippen molar-refractivity contribution >= 4 is 17.3 Å². The van der Waals surface area contributed by atoms with E-state index in [1.54, 1.807) is 0 Å². The van der Waals surface area contributed by atoms with Gasteiger partial charge in [-0.05, 0) is 51.5 Å². The highest BCUT2D eigenvalue weighted by Gasteiger charge is 2.24. The van der Waals surface area contributed by atoms with Crippen molar-refractivity contribution in [3.8, 4) is 5.69 Å². The molecule has 4 rings (SSSR count). The summed E-state index contributed by atoms with van der Waals surface area (Å²) in [6, 6.07) is 18.8. The van der Waals surface area contributed by atoms with Crippen LogP contribution >= 0.6 is 0 Å². The van der Waals surface area contributed by atoms with Gasteiger partial charge in [0.15, 0.2) is 0 Å². The molecule has 1 amide bonds. The van der Waals surface area contributed by atoms with Crippen molar-refractivity contribution in [2.75, 3.05) is 30.3 Å². The van der Waals surface area contributed by atoms with E-state index in [9.17, 15) is 4.79 Å². The summed E-state index contributed by atoms with van der Waals surface area (Å²) in [5.74, 6) is 0.00465. The fourth-order valence-electron chi connectivity index (χ4n) is 4.01. The number of nitrogens with zero attached hydrogens (tertiary/aromatic N) is 3. The van der Waals surface area contributed by atoms with Crippen LogP contribution in [0.1, 0.15) is 23.4 Å². The van der Waals surface area contributed by atoms with Gasteiger partial charge >= 0.3 is 0 Å². The summed E-state index contributed by atoms with van der Waals surface area (Å²) in [5, 5.41) is 11.3. The summed E-state index contributed by atoms with van der Waals surface area (Å²) < 4.78 is 1.89. The largest absolute Gasteiger partial charge is 0.381 e. The summed E-state index contributed by atoms with van der Waals surface area (Å²) >= 11 is 0. The van der Waals surface area contributed by atoms with Gasteiger partial charge in [-0.3, -0.25) is 9.69 Å². The molecule has 1 atom stereocenters. The van der Waals surface area contributed by atoms with Gasteiger partial charge in [0, 0.05) is 24.8 Å². The maximum absolute atomic E-state index is 12.7. The molecule has 1 aromatic heterocycles. The van der Waals surface area contributed by atoms with E-state index in [0.717, 1.165) is 48.0 Å². The molecule has 6 heteroatoms. The van der Waals surface area contributed by atoms with Crippen molar-refractivity contribution < 1.29 is 4.79 Å². The molecule has 30 heavy (non-hydrogen) atoms. The molecule has 1 aliphatic rings. The normalized spacial score (nSPS) is 16.6. The fraction of sp³-hybridized carbons (Fsp3) is 0.333. The van der Waals surface area contributed by atoms with Gasteiger partial charge in [0.2, 0.25) is 5.91 Å². The van der Waals surface area contributed by atoms with E-state index in [4.69, 9.17) is 0 Å². The van der Waals surface area contributed by atoms with Gasteiger partial charge in [-0.2, -0.15) is 5.10 Å². The summed E-state index contributed by atoms with van der Waals surface area (Å²) in [6.45, 7) is 8.16. The molecule has 0 radical (unpaired) electrons. The van der Waals surface area contributed by atoms with Gasteiger partial charge in [-0.1, -0.05) is 35.9 Å². The lowest BCUT2D eigenvalue weighted by molar-refractivity contribution is -0.117. The summed E-state index contributed by atoms with van der Waals surface area (Å²) in [5.41, 5.74) is 5.90. The molecule has 2 heterocycles. The second kappa shape index (κ2) is 8.71. The second-order valence-corrected chi connectivity index (χ2v) is 8.07. The lowest BCUT2D eigenvalue weighted by Gasteiger charge is -2.17. The first-order chi connectivity index (χ1) is 14.5. The Hall–Kier alpha value is -3.12. The van der Waals surface area contributed by atoms with Crippen LogP contribution in [0.5, 0.6) is 0 Å². The molecule has 2 N–H and O–H groups in total. The lowest BCUT2D eigenvalue weighted by Crippen LogP contribution is -2.33. The minimum atomic E-state index is 0.00465. The maximum atomic E-state index is 12.7. The number of rotatable bonds is 6. The Bertz CT molecular complexity index is 1010. The summed E-state index contributed by atoms with van der Waals surface area (Å²) in [4.78, 5) is 14.9. The molecule has 1 unspecified atom stereocenters. The number of amides is 1. The molecule has 156 valence electrons. The van der Waals surface area contributed by atoms with Crippen LogP contribution < -0.4 is 10.6 Å². The monoisotopic (exact) mass is 403 g/mol. The quantitative estimate of drug-likeness (QED) is 0.655. The molecule has 2 aromatic carbocycles. The SMILES string of the molecule is Cc1ccc(-n2nc(C)c(NC(=O)CN3CCC(Nc4ccccc4)C3)c2C)cc1. The Kier molecular flexibility index (Phi) is 5.86. The third-order valence-electron chi connectivity index (χ3n) is 5.62. The number of hydrogen-bond donors (Lipinski definition) is 2. The van der Waals surface area contributed by atoms with Gasteiger partial charge in [0.25, 0.3) is 0 Å². The minimum Gasteiger partial charge on any atom is -0.381 e. The summed E-state index contributed by atoms with van der Waals surface area (Å²) in [7, 11) is 0. The Morgan fingerprint density at radius 2 is 1.80 bits per heavy atom. The maximum Gasteiger partial charge on any atom is 0.238 e. The zero-order valence-electron chi connectivity index (χ0n) is 17.9. The third-order valence-corrected chi connectivity index (χ3v) is 5.62. The first kappa shape index (κ1) is 20.2. The molecule has 0 bridgehead atoms. The van der Waals surface area contributed by atoms with Crippen LogP contribution in [-0.2, 0) is 4.79 Å². The third kappa shape index (κ3) is 4.54. The molecule has 1 aliphatic heterocycles. The Morgan fingerprint density at radius 1 is 1.07 bits per heavy atom. The average Bonchev–Trinajstić information content (AvgIpc) is 3.28. The predicted molar refractivity (Wildman–Crippen MR) is 121 cm³/mol. The molecule has 0 saturated carbocycles. The number of carbonyl (C=O) groups is 1. The van der Waals surface area contributed by atoms with E-state index in [-0.39, 0.29) is 5.91 Å². The number of likely N-dealkylation sites (tertiary alicyclic amines) is 1. The van der Waals surface area contributed by atoms with Crippen LogP contribution in [0.25, 0.3) is 5.69 Å². The Morgan fingerprint density at radius 3 is 2.53 bits per heavy atom. The van der Waals surface area contributed by atoms with Crippen molar-refractivity contribution in [1.29, 1.82) is 0 Å². The highest BCUT2D eigenvalue weighted by Crippen LogP contribution is 2.23. The zero-order valence-corrected chi connectivity index (χ0v) is 17.9. The van der Waals surface area contributed by atoms with E-state index < -0.39 is 0 Å². The molecule has 6 nitrogen and oxygen atoms in total. The number of aromatic nitrogens is 2. The predicted octanol–water partition coefficient (Wildman–Crippen LogP) is 3.92. The van der Waals surface area contributed by atoms with Crippen molar-refractivity contribution in [1.82, 2.24) is 14.7 Å². The molecule has 0 spiro atoms. The Balaban J connectivity index is 1.36. The zero-order chi connectivity index (χ0) is 21.1. The van der Waals surface area contributed by atoms with E-state index in [1.165, 1.54) is 5.56 Å². The van der Waals surface area contributed by atoms with Crippen molar-refractivity contribution in [3.05, 3.63) is 71.5 Å². The standard InChI is InChI=1S/C24H29N5O/c1-17-9-11-22(12-10-17)29-19(3)24(18(2)27-29)26-23(30)16-28-14-13-21(15-28)25-20-7-5-4-6-8-20/h4-12,21,25H,13-16H2,1-3H3,(H,26,30). The van der Waals surface area contributed by atoms with Gasteiger partial charge in [-0.25, -0.2) is 4.68 Å². The number of para-hydroxylation sites is 1. The van der Waals surface area contributed by atoms with Crippen LogP contribution in [0.3, 0.4) is 0 Å². The number of nitrogens with one attached hydrogen (secondary N) is 2. The van der Waals surface area contributed by atoms with Gasteiger partial charge < -0.3 is 10.6 Å². The van der Waals surface area contributed by atoms with Crippen molar-refractivity contribution in [2.45, 2.75) is 33.2 Å². The van der Waals surface area contributed by atoms with Gasteiger partial charge in [-0.15, -0.1) is 0 Å². The number of aryl methyl sites for hydroxylation is 2. The van der Waals surface area contributed by atoms with Crippen molar-refractivity contribution in [3.63, 3.8) is 0 Å². The topological polar surface area (TPSA) is 62.2 Å². The lowest BCUT2D eigenvalue weighted by atomic mass is 10.2. The smallest absolute Gasteiger partial charge is 0.238 e. The minimum absolute atomic E-state index is 0.00465. The van der Waals surface area contributed by atoms with Crippen LogP contribution in [0, 0.1) is 20.8 Å². The molecular formula is C24H29N5O. The van der Waals surface area contributed by atoms with Crippen LogP contribution in [0.4, 0.5) is 11.4 Å². The first-order valence-corrected chi connectivity index (χ1v) is 10.5. The Labute approximate surface area is 177 Å². The number of hydrogen-bond acceptors (Lipinski definition) is 4.